The number of carbonyl (C=O) groups excluding carboxylic acids is 1. The Morgan fingerprint density at radius 3 is 2.84 bits per heavy atom. The van der Waals surface area contributed by atoms with Gasteiger partial charge in [0, 0.05) is 19.4 Å². The molecule has 0 unspecified atom stereocenters. The summed E-state index contributed by atoms with van der Waals surface area (Å²) >= 11 is 0. The number of rotatable bonds is 6. The maximum Gasteiger partial charge on any atom is 0.220 e. The highest BCUT2D eigenvalue weighted by molar-refractivity contribution is 5.76. The molecule has 0 radical (unpaired) electrons. The molecule has 0 bridgehead atoms. The van der Waals surface area contributed by atoms with Crippen LogP contribution >= 0.6 is 0 Å². The second-order valence-electron chi connectivity index (χ2n) is 4.67. The second-order valence-corrected chi connectivity index (χ2v) is 4.67. The Balaban J connectivity index is 1.67. The summed E-state index contributed by atoms with van der Waals surface area (Å²) in [6.45, 7) is 2.69. The highest BCUT2D eigenvalue weighted by Crippen LogP contribution is 2.06. The molecule has 0 spiro atoms. The van der Waals surface area contributed by atoms with Crippen molar-refractivity contribution in [3.05, 3.63) is 59.5 Å². The van der Waals surface area contributed by atoms with Gasteiger partial charge in [-0.15, -0.1) is 0 Å². The van der Waals surface area contributed by atoms with Crippen LogP contribution in [0.2, 0.25) is 0 Å². The van der Waals surface area contributed by atoms with Crippen LogP contribution in [-0.4, -0.2) is 12.5 Å². The average molecular weight is 257 g/mol. The maximum absolute atomic E-state index is 11.7. The number of aryl methyl sites for hydroxylation is 2. The molecule has 0 aliphatic rings. The Labute approximate surface area is 113 Å². The summed E-state index contributed by atoms with van der Waals surface area (Å²) in [6.07, 6.45) is 3.70. The monoisotopic (exact) mass is 257 g/mol. The minimum Gasteiger partial charge on any atom is -0.469 e. The van der Waals surface area contributed by atoms with Crippen LogP contribution in [0, 0.1) is 6.92 Å². The highest BCUT2D eigenvalue weighted by Gasteiger charge is 2.03. The number of amides is 1. The smallest absolute Gasteiger partial charge is 0.220 e. The van der Waals surface area contributed by atoms with Gasteiger partial charge >= 0.3 is 0 Å². The van der Waals surface area contributed by atoms with Crippen LogP contribution < -0.4 is 5.32 Å². The number of furan rings is 1. The van der Waals surface area contributed by atoms with Gasteiger partial charge in [-0.1, -0.05) is 29.8 Å². The van der Waals surface area contributed by atoms with Gasteiger partial charge in [0.2, 0.25) is 5.91 Å². The molecule has 2 rings (SSSR count). The van der Waals surface area contributed by atoms with Crippen molar-refractivity contribution in [1.29, 1.82) is 0 Å². The molecule has 0 aliphatic heterocycles. The number of carbonyl (C=O) groups is 1. The molecular formula is C16H19NO2. The van der Waals surface area contributed by atoms with E-state index < -0.39 is 0 Å². The van der Waals surface area contributed by atoms with Crippen LogP contribution in [0.1, 0.15) is 23.3 Å². The number of benzene rings is 1. The fourth-order valence-electron chi connectivity index (χ4n) is 1.99. The first-order valence-corrected chi connectivity index (χ1v) is 6.58. The van der Waals surface area contributed by atoms with Crippen LogP contribution in [0.15, 0.2) is 47.1 Å². The van der Waals surface area contributed by atoms with Gasteiger partial charge in [0.1, 0.15) is 5.76 Å². The minimum absolute atomic E-state index is 0.0908. The van der Waals surface area contributed by atoms with E-state index in [1.807, 2.05) is 18.2 Å². The lowest BCUT2D eigenvalue weighted by molar-refractivity contribution is -0.121. The number of hydrogen-bond donors (Lipinski definition) is 1. The number of hydrogen-bond acceptors (Lipinski definition) is 2. The largest absolute Gasteiger partial charge is 0.469 e. The van der Waals surface area contributed by atoms with Crippen molar-refractivity contribution in [2.24, 2.45) is 0 Å². The van der Waals surface area contributed by atoms with Crippen LogP contribution in [-0.2, 0) is 17.6 Å². The quantitative estimate of drug-likeness (QED) is 0.864. The second kappa shape index (κ2) is 6.78. The van der Waals surface area contributed by atoms with Gasteiger partial charge in [-0.3, -0.25) is 4.79 Å². The van der Waals surface area contributed by atoms with E-state index in [1.165, 1.54) is 11.1 Å². The van der Waals surface area contributed by atoms with Crippen LogP contribution in [0.5, 0.6) is 0 Å². The molecule has 3 heteroatoms. The molecule has 0 saturated carbocycles. The predicted molar refractivity (Wildman–Crippen MR) is 74.9 cm³/mol. The van der Waals surface area contributed by atoms with Gasteiger partial charge in [-0.25, -0.2) is 0 Å². The molecule has 1 N–H and O–H groups in total. The third-order valence-corrected chi connectivity index (χ3v) is 3.00. The first-order chi connectivity index (χ1) is 9.24. The Hall–Kier alpha value is -2.03. The molecule has 0 fully saturated rings. The fraction of sp³-hybridized carbons (Fsp3) is 0.312. The lowest BCUT2D eigenvalue weighted by atomic mass is 10.1. The molecule has 0 saturated heterocycles. The van der Waals surface area contributed by atoms with Crippen molar-refractivity contribution in [2.45, 2.75) is 26.2 Å². The van der Waals surface area contributed by atoms with E-state index in [9.17, 15) is 4.79 Å². The molecule has 1 amide bonds. The maximum atomic E-state index is 11.7. The molecule has 19 heavy (non-hydrogen) atoms. The normalized spacial score (nSPS) is 10.4. The molecule has 1 aromatic heterocycles. The van der Waals surface area contributed by atoms with Crippen molar-refractivity contribution in [3.8, 4) is 0 Å². The van der Waals surface area contributed by atoms with E-state index >= 15 is 0 Å². The summed E-state index contributed by atoms with van der Waals surface area (Å²) in [5, 5.41) is 2.91. The molecule has 100 valence electrons. The summed E-state index contributed by atoms with van der Waals surface area (Å²) < 4.78 is 5.21. The topological polar surface area (TPSA) is 42.2 Å². The third-order valence-electron chi connectivity index (χ3n) is 3.00. The van der Waals surface area contributed by atoms with E-state index in [0.29, 0.717) is 13.0 Å². The van der Waals surface area contributed by atoms with E-state index in [2.05, 4.69) is 30.4 Å². The SMILES string of the molecule is Cc1cccc(CCC(=O)NCCc2ccco2)c1. The summed E-state index contributed by atoms with van der Waals surface area (Å²) in [5.41, 5.74) is 2.44. The molecule has 2 aromatic rings. The zero-order chi connectivity index (χ0) is 13.5. The summed E-state index contributed by atoms with van der Waals surface area (Å²) in [7, 11) is 0. The first kappa shape index (κ1) is 13.4. The minimum atomic E-state index is 0.0908. The molecule has 3 nitrogen and oxygen atoms in total. The molecule has 0 aliphatic carbocycles. The molecule has 1 heterocycles. The van der Waals surface area contributed by atoms with Crippen molar-refractivity contribution in [3.63, 3.8) is 0 Å². The molecule has 0 atom stereocenters. The summed E-state index contributed by atoms with van der Waals surface area (Å²) in [5.74, 6) is 0.993. The van der Waals surface area contributed by atoms with E-state index in [4.69, 9.17) is 4.42 Å². The summed E-state index contributed by atoms with van der Waals surface area (Å²) in [4.78, 5) is 11.7. The van der Waals surface area contributed by atoms with Crippen molar-refractivity contribution >= 4 is 5.91 Å². The van der Waals surface area contributed by atoms with Gasteiger partial charge in [0.05, 0.1) is 6.26 Å². The van der Waals surface area contributed by atoms with E-state index in [0.717, 1.165) is 18.6 Å². The molecule has 1 aromatic carbocycles. The predicted octanol–water partition coefficient (Wildman–Crippen LogP) is 2.88. The standard InChI is InChI=1S/C16H19NO2/c1-13-4-2-5-14(12-13)7-8-16(18)17-10-9-15-6-3-11-19-15/h2-6,11-12H,7-10H2,1H3,(H,17,18). The van der Waals surface area contributed by atoms with Gasteiger partial charge in [0.15, 0.2) is 0 Å². The fourth-order valence-corrected chi connectivity index (χ4v) is 1.99. The number of nitrogens with one attached hydrogen (secondary N) is 1. The third kappa shape index (κ3) is 4.62. The van der Waals surface area contributed by atoms with Crippen LogP contribution in [0.25, 0.3) is 0 Å². The first-order valence-electron chi connectivity index (χ1n) is 6.58. The van der Waals surface area contributed by atoms with E-state index in [1.54, 1.807) is 6.26 Å². The van der Waals surface area contributed by atoms with Gasteiger partial charge in [-0.05, 0) is 31.0 Å². The zero-order valence-electron chi connectivity index (χ0n) is 11.2. The average Bonchev–Trinajstić information content (AvgIpc) is 2.90. The lowest BCUT2D eigenvalue weighted by Crippen LogP contribution is -2.25. The summed E-state index contributed by atoms with van der Waals surface area (Å²) in [6, 6.07) is 12.0. The van der Waals surface area contributed by atoms with Crippen molar-refractivity contribution in [1.82, 2.24) is 5.32 Å². The Morgan fingerprint density at radius 2 is 2.11 bits per heavy atom. The van der Waals surface area contributed by atoms with Crippen LogP contribution in [0.4, 0.5) is 0 Å². The highest BCUT2D eigenvalue weighted by atomic mass is 16.3. The van der Waals surface area contributed by atoms with E-state index in [-0.39, 0.29) is 5.91 Å². The Morgan fingerprint density at radius 1 is 1.21 bits per heavy atom. The lowest BCUT2D eigenvalue weighted by Gasteiger charge is -2.05. The zero-order valence-corrected chi connectivity index (χ0v) is 11.2. The molecular weight excluding hydrogens is 238 g/mol. The van der Waals surface area contributed by atoms with Gasteiger partial charge in [-0.2, -0.15) is 0 Å². The van der Waals surface area contributed by atoms with Crippen molar-refractivity contribution in [2.75, 3.05) is 6.54 Å². The van der Waals surface area contributed by atoms with Crippen molar-refractivity contribution < 1.29 is 9.21 Å². The Bertz CT molecular complexity index is 517. The van der Waals surface area contributed by atoms with Gasteiger partial charge < -0.3 is 9.73 Å². The van der Waals surface area contributed by atoms with Gasteiger partial charge in [0.25, 0.3) is 0 Å². The van der Waals surface area contributed by atoms with Crippen LogP contribution in [0.3, 0.4) is 0 Å². The Kier molecular flexibility index (Phi) is 4.78.